The number of carbonyl (C=O) groups is 1. The van der Waals surface area contributed by atoms with E-state index in [9.17, 15) is 4.79 Å². The van der Waals surface area contributed by atoms with Gasteiger partial charge in [-0.15, -0.1) is 10.2 Å². The van der Waals surface area contributed by atoms with E-state index in [-0.39, 0.29) is 6.03 Å². The van der Waals surface area contributed by atoms with Crippen LogP contribution in [0.2, 0.25) is 0 Å². The van der Waals surface area contributed by atoms with Crippen LogP contribution in [0.3, 0.4) is 0 Å². The fraction of sp³-hybridized carbons (Fsp3) is 0.133. The molecule has 0 aliphatic rings. The zero-order valence-corrected chi connectivity index (χ0v) is 12.7. The van der Waals surface area contributed by atoms with Gasteiger partial charge in [-0.05, 0) is 16.8 Å². The highest BCUT2D eigenvalue weighted by Crippen LogP contribution is 2.27. The number of aromatic nitrogens is 2. The number of ether oxygens (including phenoxy) is 1. The van der Waals surface area contributed by atoms with E-state index in [1.54, 1.807) is 12.6 Å². The molecular formula is C15H14N4O2S. The van der Waals surface area contributed by atoms with E-state index in [1.807, 2.05) is 36.4 Å². The maximum Gasteiger partial charge on any atom is 0.321 e. The fourth-order valence-corrected chi connectivity index (χ4v) is 2.67. The van der Waals surface area contributed by atoms with Gasteiger partial charge in [-0.1, -0.05) is 41.7 Å². The molecule has 7 heteroatoms. The Morgan fingerprint density at radius 1 is 1.27 bits per heavy atom. The van der Waals surface area contributed by atoms with Crippen LogP contribution in [0.4, 0.5) is 9.93 Å². The normalized spacial score (nSPS) is 10.4. The lowest BCUT2D eigenvalue weighted by molar-refractivity contribution is 0.251. The first-order valence-electron chi connectivity index (χ1n) is 6.63. The van der Waals surface area contributed by atoms with Crippen molar-refractivity contribution in [3.8, 4) is 5.75 Å². The SMILES string of the molecule is COc1ccc2ccccc2c1CNC(=O)Nc1nncs1. The molecule has 0 saturated heterocycles. The van der Waals surface area contributed by atoms with Gasteiger partial charge in [0, 0.05) is 12.1 Å². The number of urea groups is 1. The van der Waals surface area contributed by atoms with Gasteiger partial charge in [-0.2, -0.15) is 0 Å². The molecular weight excluding hydrogens is 300 g/mol. The summed E-state index contributed by atoms with van der Waals surface area (Å²) in [6.45, 7) is 0.356. The van der Waals surface area contributed by atoms with Crippen LogP contribution in [0, 0.1) is 0 Å². The van der Waals surface area contributed by atoms with Gasteiger partial charge >= 0.3 is 6.03 Å². The standard InChI is InChI=1S/C15H14N4O2S/c1-21-13-7-6-10-4-2-3-5-11(10)12(13)8-16-14(20)18-15-19-17-9-22-15/h2-7,9H,8H2,1H3,(H2,16,18,19,20). The summed E-state index contributed by atoms with van der Waals surface area (Å²) in [5, 5.41) is 15.5. The molecule has 0 radical (unpaired) electrons. The van der Waals surface area contributed by atoms with Crippen molar-refractivity contribution in [2.24, 2.45) is 0 Å². The minimum Gasteiger partial charge on any atom is -0.496 e. The summed E-state index contributed by atoms with van der Waals surface area (Å²) < 4.78 is 5.40. The number of carbonyl (C=O) groups excluding carboxylic acids is 1. The van der Waals surface area contributed by atoms with E-state index in [2.05, 4.69) is 20.8 Å². The van der Waals surface area contributed by atoms with E-state index in [0.717, 1.165) is 22.1 Å². The molecule has 0 aliphatic heterocycles. The summed E-state index contributed by atoms with van der Waals surface area (Å²) in [6, 6.07) is 11.6. The largest absolute Gasteiger partial charge is 0.496 e. The number of nitrogens with one attached hydrogen (secondary N) is 2. The highest BCUT2D eigenvalue weighted by atomic mass is 32.1. The molecule has 2 aromatic carbocycles. The van der Waals surface area contributed by atoms with E-state index >= 15 is 0 Å². The molecule has 2 amide bonds. The van der Waals surface area contributed by atoms with Crippen molar-refractivity contribution in [1.29, 1.82) is 0 Å². The molecule has 22 heavy (non-hydrogen) atoms. The smallest absolute Gasteiger partial charge is 0.321 e. The third-order valence-electron chi connectivity index (χ3n) is 3.22. The minimum absolute atomic E-state index is 0.327. The van der Waals surface area contributed by atoms with Gasteiger partial charge in [0.25, 0.3) is 0 Å². The maximum atomic E-state index is 11.9. The Labute approximate surface area is 131 Å². The van der Waals surface area contributed by atoms with Gasteiger partial charge in [0.1, 0.15) is 11.3 Å². The first-order valence-corrected chi connectivity index (χ1v) is 7.51. The lowest BCUT2D eigenvalue weighted by atomic mass is 10.0. The lowest BCUT2D eigenvalue weighted by Crippen LogP contribution is -2.28. The summed E-state index contributed by atoms with van der Waals surface area (Å²) in [5.74, 6) is 0.745. The van der Waals surface area contributed by atoms with Crippen LogP contribution in [0.25, 0.3) is 10.8 Å². The van der Waals surface area contributed by atoms with Gasteiger partial charge in [-0.3, -0.25) is 5.32 Å². The molecule has 0 unspecified atom stereocenters. The molecule has 0 atom stereocenters. The lowest BCUT2D eigenvalue weighted by Gasteiger charge is -2.13. The Morgan fingerprint density at radius 3 is 2.91 bits per heavy atom. The molecule has 1 aromatic heterocycles. The number of fused-ring (bicyclic) bond motifs is 1. The molecule has 0 fully saturated rings. The average Bonchev–Trinajstić information content (AvgIpc) is 3.05. The van der Waals surface area contributed by atoms with Gasteiger partial charge in [0.05, 0.1) is 7.11 Å². The molecule has 3 aromatic rings. The molecule has 2 N–H and O–H groups in total. The van der Waals surface area contributed by atoms with E-state index in [4.69, 9.17) is 4.74 Å². The summed E-state index contributed by atoms with van der Waals surface area (Å²) in [5.41, 5.74) is 2.50. The van der Waals surface area contributed by atoms with Gasteiger partial charge < -0.3 is 10.1 Å². The summed E-state index contributed by atoms with van der Waals surface area (Å²) in [4.78, 5) is 11.9. The molecule has 0 saturated carbocycles. The predicted molar refractivity (Wildman–Crippen MR) is 86.3 cm³/mol. The third-order valence-corrected chi connectivity index (χ3v) is 3.83. The van der Waals surface area contributed by atoms with Crippen molar-refractivity contribution in [1.82, 2.24) is 15.5 Å². The van der Waals surface area contributed by atoms with Crippen molar-refractivity contribution in [3.05, 3.63) is 47.5 Å². The van der Waals surface area contributed by atoms with Crippen molar-refractivity contribution in [2.45, 2.75) is 6.54 Å². The quantitative estimate of drug-likeness (QED) is 0.776. The Hall–Kier alpha value is -2.67. The predicted octanol–water partition coefficient (Wildman–Crippen LogP) is 3.02. The Morgan fingerprint density at radius 2 is 2.14 bits per heavy atom. The molecule has 3 rings (SSSR count). The first kappa shape index (κ1) is 14.3. The van der Waals surface area contributed by atoms with Crippen LogP contribution in [-0.2, 0) is 6.54 Å². The summed E-state index contributed by atoms with van der Waals surface area (Å²) in [6.07, 6.45) is 0. The highest BCUT2D eigenvalue weighted by molar-refractivity contribution is 7.13. The number of amides is 2. The minimum atomic E-state index is -0.327. The average molecular weight is 314 g/mol. The van der Waals surface area contributed by atoms with Crippen molar-refractivity contribution in [3.63, 3.8) is 0 Å². The van der Waals surface area contributed by atoms with Crippen LogP contribution in [0.5, 0.6) is 5.75 Å². The Bertz CT molecular complexity index is 789. The monoisotopic (exact) mass is 314 g/mol. The van der Waals surface area contributed by atoms with Crippen LogP contribution in [-0.4, -0.2) is 23.3 Å². The summed E-state index contributed by atoms with van der Waals surface area (Å²) >= 11 is 1.26. The van der Waals surface area contributed by atoms with Crippen molar-refractivity contribution >= 4 is 33.3 Å². The second kappa shape index (κ2) is 6.40. The number of benzene rings is 2. The van der Waals surface area contributed by atoms with Crippen LogP contribution >= 0.6 is 11.3 Å². The van der Waals surface area contributed by atoms with Gasteiger partial charge in [0.2, 0.25) is 5.13 Å². The summed E-state index contributed by atoms with van der Waals surface area (Å²) in [7, 11) is 1.62. The number of hydrogen-bond acceptors (Lipinski definition) is 5. The zero-order chi connectivity index (χ0) is 15.4. The molecule has 0 spiro atoms. The maximum absolute atomic E-state index is 11.9. The highest BCUT2D eigenvalue weighted by Gasteiger charge is 2.10. The number of anilines is 1. The zero-order valence-electron chi connectivity index (χ0n) is 11.9. The number of rotatable bonds is 4. The second-order valence-corrected chi connectivity index (χ2v) is 5.35. The molecule has 112 valence electrons. The fourth-order valence-electron chi connectivity index (χ4n) is 2.23. The van der Waals surface area contributed by atoms with E-state index in [1.165, 1.54) is 11.3 Å². The van der Waals surface area contributed by atoms with Crippen LogP contribution in [0.1, 0.15) is 5.56 Å². The van der Waals surface area contributed by atoms with Gasteiger partial charge in [-0.25, -0.2) is 4.79 Å². The second-order valence-electron chi connectivity index (χ2n) is 4.52. The third kappa shape index (κ3) is 2.99. The molecule has 6 nitrogen and oxygen atoms in total. The topological polar surface area (TPSA) is 76.1 Å². The Balaban J connectivity index is 1.79. The van der Waals surface area contributed by atoms with E-state index < -0.39 is 0 Å². The Kier molecular flexibility index (Phi) is 4.15. The van der Waals surface area contributed by atoms with Crippen LogP contribution < -0.4 is 15.4 Å². The first-order chi connectivity index (χ1) is 10.8. The molecule has 0 bridgehead atoms. The van der Waals surface area contributed by atoms with Crippen molar-refractivity contribution < 1.29 is 9.53 Å². The number of hydrogen-bond donors (Lipinski definition) is 2. The van der Waals surface area contributed by atoms with Gasteiger partial charge in [0.15, 0.2) is 0 Å². The van der Waals surface area contributed by atoms with Crippen molar-refractivity contribution in [2.75, 3.05) is 12.4 Å². The van der Waals surface area contributed by atoms with E-state index in [0.29, 0.717) is 11.7 Å². The number of methoxy groups -OCH3 is 1. The molecule has 0 aliphatic carbocycles. The molecule has 1 heterocycles. The number of nitrogens with zero attached hydrogens (tertiary/aromatic N) is 2. The van der Waals surface area contributed by atoms with Crippen LogP contribution in [0.15, 0.2) is 41.9 Å².